The lowest BCUT2D eigenvalue weighted by atomic mass is 10.3. The summed E-state index contributed by atoms with van der Waals surface area (Å²) in [5.41, 5.74) is -0.527. The first kappa shape index (κ1) is 10.2. The topological polar surface area (TPSA) is 45.8 Å². The smallest absolute Gasteiger partial charge is 0.310 e. The van der Waals surface area contributed by atoms with Crippen molar-refractivity contribution in [1.82, 2.24) is 9.97 Å². The van der Waals surface area contributed by atoms with Gasteiger partial charge in [-0.2, -0.15) is 13.2 Å². The second-order valence-electron chi connectivity index (χ2n) is 2.94. The average molecular weight is 234 g/mol. The van der Waals surface area contributed by atoms with Crippen molar-refractivity contribution in [2.24, 2.45) is 0 Å². The highest BCUT2D eigenvalue weighted by Gasteiger charge is 2.29. The Morgan fingerprint density at radius 1 is 1.47 bits per heavy atom. The van der Waals surface area contributed by atoms with Crippen LogP contribution < -0.4 is 5.56 Å². The molecule has 2 aromatic rings. The van der Waals surface area contributed by atoms with Crippen LogP contribution in [0.1, 0.15) is 5.82 Å². The van der Waals surface area contributed by atoms with Crippen molar-refractivity contribution in [2.45, 2.75) is 12.6 Å². The summed E-state index contributed by atoms with van der Waals surface area (Å²) in [7, 11) is 0. The number of nitrogens with zero attached hydrogens (tertiary/aromatic N) is 1. The Labute approximate surface area is 85.6 Å². The second kappa shape index (κ2) is 3.34. The maximum Gasteiger partial charge on any atom is 0.396 e. The van der Waals surface area contributed by atoms with Gasteiger partial charge >= 0.3 is 6.18 Å². The molecule has 0 aliphatic carbocycles. The number of fused-ring (bicyclic) bond motifs is 1. The Bertz CT molecular complexity index is 543. The third-order valence-corrected chi connectivity index (χ3v) is 2.56. The first-order valence-corrected chi connectivity index (χ1v) is 4.87. The van der Waals surface area contributed by atoms with Crippen LogP contribution in [0.15, 0.2) is 16.2 Å². The zero-order valence-corrected chi connectivity index (χ0v) is 8.08. The predicted octanol–water partition coefficient (Wildman–Crippen LogP) is 2.09. The molecule has 0 spiro atoms. The van der Waals surface area contributed by atoms with Crippen LogP contribution in [0, 0.1) is 0 Å². The molecule has 2 heterocycles. The predicted molar refractivity (Wildman–Crippen MR) is 50.0 cm³/mol. The molecule has 0 radical (unpaired) electrons. The van der Waals surface area contributed by atoms with Gasteiger partial charge in [0.05, 0.1) is 5.39 Å². The van der Waals surface area contributed by atoms with Crippen LogP contribution in [-0.2, 0) is 6.42 Å². The molecule has 7 heteroatoms. The minimum absolute atomic E-state index is 0.325. The normalized spacial score (nSPS) is 12.2. The van der Waals surface area contributed by atoms with E-state index in [9.17, 15) is 18.0 Å². The standard InChI is InChI=1S/C8H5F3N2OS/c9-8(10,11)3-5-12-6(14)4-1-2-15-7(4)13-5/h1-2H,3H2,(H,12,13,14). The number of nitrogens with one attached hydrogen (secondary N) is 1. The minimum atomic E-state index is -4.36. The lowest BCUT2D eigenvalue weighted by Crippen LogP contribution is -2.18. The maximum atomic E-state index is 12.0. The number of rotatable bonds is 1. The summed E-state index contributed by atoms with van der Waals surface area (Å²) in [6.07, 6.45) is -5.57. The molecule has 2 aromatic heterocycles. The van der Waals surface area contributed by atoms with Gasteiger partial charge in [0.2, 0.25) is 0 Å². The van der Waals surface area contributed by atoms with Crippen LogP contribution in [0.2, 0.25) is 0 Å². The van der Waals surface area contributed by atoms with E-state index in [1.807, 2.05) is 0 Å². The molecular weight excluding hydrogens is 229 g/mol. The Kier molecular flexibility index (Phi) is 2.26. The van der Waals surface area contributed by atoms with Crippen LogP contribution in [0.5, 0.6) is 0 Å². The largest absolute Gasteiger partial charge is 0.396 e. The van der Waals surface area contributed by atoms with Crippen LogP contribution in [-0.4, -0.2) is 16.1 Å². The molecule has 0 saturated carbocycles. The van der Waals surface area contributed by atoms with E-state index in [0.29, 0.717) is 10.2 Å². The molecule has 0 unspecified atom stereocenters. The monoisotopic (exact) mass is 234 g/mol. The van der Waals surface area contributed by atoms with Crippen LogP contribution in [0.4, 0.5) is 13.2 Å². The van der Waals surface area contributed by atoms with Gasteiger partial charge in [0, 0.05) is 0 Å². The van der Waals surface area contributed by atoms with E-state index < -0.39 is 18.2 Å². The number of hydrogen-bond acceptors (Lipinski definition) is 3. The van der Waals surface area contributed by atoms with E-state index in [1.165, 1.54) is 6.07 Å². The highest BCUT2D eigenvalue weighted by Crippen LogP contribution is 2.20. The molecule has 0 saturated heterocycles. The highest BCUT2D eigenvalue weighted by atomic mass is 32.1. The van der Waals surface area contributed by atoms with Crippen molar-refractivity contribution in [3.63, 3.8) is 0 Å². The Morgan fingerprint density at radius 2 is 2.20 bits per heavy atom. The van der Waals surface area contributed by atoms with Crippen molar-refractivity contribution in [1.29, 1.82) is 0 Å². The summed E-state index contributed by atoms with van der Waals surface area (Å²) in [5, 5.41) is 1.94. The Balaban J connectivity index is 2.50. The first-order chi connectivity index (χ1) is 6.96. The summed E-state index contributed by atoms with van der Waals surface area (Å²) >= 11 is 1.14. The number of aromatic nitrogens is 2. The van der Waals surface area contributed by atoms with Gasteiger partial charge in [-0.15, -0.1) is 11.3 Å². The van der Waals surface area contributed by atoms with Crippen LogP contribution >= 0.6 is 11.3 Å². The summed E-state index contributed by atoms with van der Waals surface area (Å²) in [4.78, 5) is 17.5. The quantitative estimate of drug-likeness (QED) is 0.821. The van der Waals surface area contributed by atoms with Crippen molar-refractivity contribution < 1.29 is 13.2 Å². The van der Waals surface area contributed by atoms with Gasteiger partial charge in [0.15, 0.2) is 0 Å². The van der Waals surface area contributed by atoms with E-state index in [4.69, 9.17) is 0 Å². The summed E-state index contributed by atoms with van der Waals surface area (Å²) in [6.45, 7) is 0. The molecule has 0 aliphatic rings. The number of halogens is 3. The molecule has 3 nitrogen and oxygen atoms in total. The number of alkyl halides is 3. The number of aromatic amines is 1. The zero-order valence-electron chi connectivity index (χ0n) is 7.26. The highest BCUT2D eigenvalue weighted by molar-refractivity contribution is 7.16. The molecule has 0 amide bonds. The molecule has 0 aliphatic heterocycles. The van der Waals surface area contributed by atoms with Gasteiger partial charge in [-0.3, -0.25) is 4.79 Å². The molecule has 0 aromatic carbocycles. The van der Waals surface area contributed by atoms with E-state index in [2.05, 4.69) is 9.97 Å². The fraction of sp³-hybridized carbons (Fsp3) is 0.250. The maximum absolute atomic E-state index is 12.0. The van der Waals surface area contributed by atoms with E-state index in [1.54, 1.807) is 5.38 Å². The van der Waals surface area contributed by atoms with Crippen molar-refractivity contribution >= 4 is 21.6 Å². The molecular formula is C8H5F3N2OS. The molecule has 0 bridgehead atoms. The third kappa shape index (κ3) is 2.17. The summed E-state index contributed by atoms with van der Waals surface area (Å²) < 4.78 is 36.1. The third-order valence-electron chi connectivity index (χ3n) is 1.75. The average Bonchev–Trinajstić information content (AvgIpc) is 2.48. The van der Waals surface area contributed by atoms with Gasteiger partial charge in [-0.25, -0.2) is 4.98 Å². The number of H-pyrrole nitrogens is 1. The molecule has 1 N–H and O–H groups in total. The molecule has 0 atom stereocenters. The number of hydrogen-bond donors (Lipinski definition) is 1. The van der Waals surface area contributed by atoms with Crippen molar-refractivity contribution in [3.05, 3.63) is 27.6 Å². The van der Waals surface area contributed by atoms with E-state index >= 15 is 0 Å². The first-order valence-electron chi connectivity index (χ1n) is 3.99. The number of thiophene rings is 1. The van der Waals surface area contributed by atoms with Crippen LogP contribution in [0.3, 0.4) is 0 Å². The molecule has 80 valence electrons. The lowest BCUT2D eigenvalue weighted by Gasteiger charge is -2.04. The summed E-state index contributed by atoms with van der Waals surface area (Å²) in [5.74, 6) is -0.345. The van der Waals surface area contributed by atoms with Gasteiger partial charge in [-0.1, -0.05) is 0 Å². The van der Waals surface area contributed by atoms with Gasteiger partial charge in [0.25, 0.3) is 5.56 Å². The lowest BCUT2D eigenvalue weighted by molar-refractivity contribution is -0.128. The fourth-order valence-electron chi connectivity index (χ4n) is 1.18. The second-order valence-corrected chi connectivity index (χ2v) is 3.84. The van der Waals surface area contributed by atoms with Crippen LogP contribution in [0.25, 0.3) is 10.2 Å². The zero-order chi connectivity index (χ0) is 11.1. The van der Waals surface area contributed by atoms with Gasteiger partial charge < -0.3 is 4.98 Å². The minimum Gasteiger partial charge on any atom is -0.310 e. The Morgan fingerprint density at radius 3 is 2.87 bits per heavy atom. The molecule has 0 fully saturated rings. The van der Waals surface area contributed by atoms with Gasteiger partial charge in [0.1, 0.15) is 17.1 Å². The van der Waals surface area contributed by atoms with Crippen molar-refractivity contribution in [2.75, 3.05) is 0 Å². The van der Waals surface area contributed by atoms with Gasteiger partial charge in [-0.05, 0) is 11.4 Å². The van der Waals surface area contributed by atoms with E-state index in [0.717, 1.165) is 11.3 Å². The molecule has 15 heavy (non-hydrogen) atoms. The Hall–Kier alpha value is -1.37. The van der Waals surface area contributed by atoms with Crippen molar-refractivity contribution in [3.8, 4) is 0 Å². The van der Waals surface area contributed by atoms with E-state index in [-0.39, 0.29) is 5.82 Å². The summed E-state index contributed by atoms with van der Waals surface area (Å²) in [6, 6.07) is 1.53. The SMILES string of the molecule is O=c1[nH]c(CC(F)(F)F)nc2sccc12. The fourth-order valence-corrected chi connectivity index (χ4v) is 1.97. The molecule has 2 rings (SSSR count).